The molecule has 1 heterocycles. The van der Waals surface area contributed by atoms with Gasteiger partial charge in [0.1, 0.15) is 5.75 Å². The van der Waals surface area contributed by atoms with E-state index < -0.39 is 10.0 Å². The van der Waals surface area contributed by atoms with Crippen LogP contribution in [0.1, 0.15) is 6.92 Å². The molecule has 0 spiro atoms. The van der Waals surface area contributed by atoms with Crippen LogP contribution in [-0.2, 0) is 19.6 Å². The van der Waals surface area contributed by atoms with Crippen molar-refractivity contribution in [3.05, 3.63) is 18.2 Å². The number of ether oxygens (including phenoxy) is 1. The molecule has 0 unspecified atom stereocenters. The molecule has 1 fully saturated rings. The van der Waals surface area contributed by atoms with Gasteiger partial charge in [0.2, 0.25) is 22.3 Å². The second kappa shape index (κ2) is 6.97. The number of anilines is 1. The summed E-state index contributed by atoms with van der Waals surface area (Å²) in [4.78, 5) is 23.6. The number of methoxy groups -OCH3 is 1. The molecule has 1 saturated heterocycles. The molecule has 23 heavy (non-hydrogen) atoms. The Morgan fingerprint density at radius 1 is 1.26 bits per heavy atom. The van der Waals surface area contributed by atoms with E-state index in [1.54, 1.807) is 0 Å². The summed E-state index contributed by atoms with van der Waals surface area (Å²) < 4.78 is 31.8. The van der Waals surface area contributed by atoms with Crippen molar-refractivity contribution in [2.75, 3.05) is 38.6 Å². The highest BCUT2D eigenvalue weighted by Gasteiger charge is 2.28. The molecular formula is C14H19N3O5S. The van der Waals surface area contributed by atoms with E-state index in [9.17, 15) is 18.0 Å². The number of nitrogens with zero attached hydrogens (tertiary/aromatic N) is 2. The first kappa shape index (κ1) is 17.2. The summed E-state index contributed by atoms with van der Waals surface area (Å²) in [5.41, 5.74) is 0.299. The van der Waals surface area contributed by atoms with Crippen molar-refractivity contribution >= 4 is 28.0 Å². The highest BCUT2D eigenvalue weighted by Crippen LogP contribution is 2.29. The van der Waals surface area contributed by atoms with Gasteiger partial charge < -0.3 is 15.0 Å². The van der Waals surface area contributed by atoms with Crippen LogP contribution in [0.5, 0.6) is 5.75 Å². The number of piperazine rings is 1. The Hall–Kier alpha value is -2.13. The van der Waals surface area contributed by atoms with E-state index in [1.807, 2.05) is 0 Å². The largest absolute Gasteiger partial charge is 0.495 e. The Morgan fingerprint density at radius 3 is 2.43 bits per heavy atom. The lowest BCUT2D eigenvalue weighted by molar-refractivity contribution is -0.119. The fraction of sp³-hybridized carbons (Fsp3) is 0.429. The van der Waals surface area contributed by atoms with Crippen molar-refractivity contribution in [2.24, 2.45) is 0 Å². The Bertz CT molecular complexity index is 696. The Kier molecular flexibility index (Phi) is 5.22. The molecule has 126 valence electrons. The second-order valence-electron chi connectivity index (χ2n) is 5.09. The number of carbonyl (C=O) groups excluding carboxylic acids is 2. The number of carbonyl (C=O) groups is 2. The van der Waals surface area contributed by atoms with Crippen LogP contribution < -0.4 is 10.1 Å². The molecule has 0 aliphatic carbocycles. The number of hydrogen-bond acceptors (Lipinski definition) is 5. The quantitative estimate of drug-likeness (QED) is 0.767. The number of amides is 2. The Morgan fingerprint density at radius 2 is 1.91 bits per heavy atom. The Labute approximate surface area is 135 Å². The molecule has 0 atom stereocenters. The second-order valence-corrected chi connectivity index (χ2v) is 7.03. The number of hydrogen-bond donors (Lipinski definition) is 1. The van der Waals surface area contributed by atoms with Gasteiger partial charge in [0.15, 0.2) is 0 Å². The molecule has 1 aromatic rings. The molecule has 9 heteroatoms. The van der Waals surface area contributed by atoms with Crippen molar-refractivity contribution in [2.45, 2.75) is 11.8 Å². The topological polar surface area (TPSA) is 96.0 Å². The van der Waals surface area contributed by atoms with Crippen molar-refractivity contribution < 1.29 is 22.7 Å². The van der Waals surface area contributed by atoms with Crippen molar-refractivity contribution in [3.63, 3.8) is 0 Å². The minimum Gasteiger partial charge on any atom is -0.495 e. The molecule has 0 radical (unpaired) electrons. The van der Waals surface area contributed by atoms with Crippen LogP contribution in [0.15, 0.2) is 23.1 Å². The Balaban J connectivity index is 2.29. The van der Waals surface area contributed by atoms with Gasteiger partial charge in [-0.2, -0.15) is 4.31 Å². The fourth-order valence-electron chi connectivity index (χ4n) is 2.33. The van der Waals surface area contributed by atoms with Crippen LogP contribution in [0.4, 0.5) is 5.69 Å². The lowest BCUT2D eigenvalue weighted by Gasteiger charge is -2.31. The summed E-state index contributed by atoms with van der Waals surface area (Å²) in [5, 5.41) is 2.55. The zero-order chi connectivity index (χ0) is 17.0. The molecule has 1 aliphatic rings. The highest BCUT2D eigenvalue weighted by molar-refractivity contribution is 7.89. The smallest absolute Gasteiger partial charge is 0.243 e. The molecular weight excluding hydrogens is 322 g/mol. The van der Waals surface area contributed by atoms with E-state index in [0.29, 0.717) is 30.9 Å². The van der Waals surface area contributed by atoms with Gasteiger partial charge >= 0.3 is 0 Å². The summed E-state index contributed by atoms with van der Waals surface area (Å²) in [5.74, 6) is 0.0577. The third-order valence-electron chi connectivity index (χ3n) is 3.54. The molecule has 0 saturated carbocycles. The van der Waals surface area contributed by atoms with Crippen molar-refractivity contribution in [1.82, 2.24) is 9.21 Å². The first-order chi connectivity index (χ1) is 10.9. The molecule has 1 aliphatic heterocycles. The monoisotopic (exact) mass is 341 g/mol. The first-order valence-electron chi connectivity index (χ1n) is 7.03. The van der Waals surface area contributed by atoms with Gasteiger partial charge in [0, 0.05) is 33.1 Å². The first-order valence-corrected chi connectivity index (χ1v) is 8.47. The van der Waals surface area contributed by atoms with Crippen LogP contribution in [0.2, 0.25) is 0 Å². The van der Waals surface area contributed by atoms with Crippen molar-refractivity contribution in [3.8, 4) is 5.75 Å². The SMILES string of the molecule is COc1ccc(S(=O)(=O)N2CCN(C=O)CC2)cc1NC(C)=O. The van der Waals surface area contributed by atoms with E-state index in [2.05, 4.69) is 5.32 Å². The van der Waals surface area contributed by atoms with Gasteiger partial charge in [-0.15, -0.1) is 0 Å². The van der Waals surface area contributed by atoms with E-state index in [0.717, 1.165) is 0 Å². The van der Waals surface area contributed by atoms with Crippen LogP contribution in [0.25, 0.3) is 0 Å². The van der Waals surface area contributed by atoms with Gasteiger partial charge in [0.25, 0.3) is 0 Å². The summed E-state index contributed by atoms with van der Waals surface area (Å²) in [6.07, 6.45) is 0.715. The van der Waals surface area contributed by atoms with E-state index in [-0.39, 0.29) is 23.9 Å². The summed E-state index contributed by atoms with van der Waals surface area (Å²) in [6, 6.07) is 4.31. The maximum atomic E-state index is 12.7. The lowest BCUT2D eigenvalue weighted by atomic mass is 10.3. The van der Waals surface area contributed by atoms with Crippen LogP contribution in [0, 0.1) is 0 Å². The zero-order valence-corrected chi connectivity index (χ0v) is 13.8. The van der Waals surface area contributed by atoms with Gasteiger partial charge in [-0.05, 0) is 18.2 Å². The highest BCUT2D eigenvalue weighted by atomic mass is 32.2. The number of sulfonamides is 1. The minimum absolute atomic E-state index is 0.0709. The maximum Gasteiger partial charge on any atom is 0.243 e. The van der Waals surface area contributed by atoms with Crippen LogP contribution >= 0.6 is 0 Å². The van der Waals surface area contributed by atoms with Gasteiger partial charge in [-0.3, -0.25) is 9.59 Å². The summed E-state index contributed by atoms with van der Waals surface area (Å²) in [6.45, 7) is 2.53. The minimum atomic E-state index is -3.69. The molecule has 2 rings (SSSR count). The average molecular weight is 341 g/mol. The van der Waals surface area contributed by atoms with Gasteiger partial charge in [-0.1, -0.05) is 0 Å². The molecule has 1 aromatic carbocycles. The normalized spacial score (nSPS) is 16.0. The van der Waals surface area contributed by atoms with Crippen LogP contribution in [-0.4, -0.2) is 63.2 Å². The molecule has 0 aromatic heterocycles. The van der Waals surface area contributed by atoms with E-state index >= 15 is 0 Å². The number of benzene rings is 1. The number of nitrogens with one attached hydrogen (secondary N) is 1. The molecule has 2 amide bonds. The molecule has 0 bridgehead atoms. The van der Waals surface area contributed by atoms with Crippen LogP contribution in [0.3, 0.4) is 0 Å². The molecule has 1 N–H and O–H groups in total. The predicted molar refractivity (Wildman–Crippen MR) is 83.7 cm³/mol. The zero-order valence-electron chi connectivity index (χ0n) is 13.0. The molecule has 8 nitrogen and oxygen atoms in total. The number of rotatable bonds is 5. The third kappa shape index (κ3) is 3.80. The summed E-state index contributed by atoms with van der Waals surface area (Å²) >= 11 is 0. The fourth-order valence-corrected chi connectivity index (χ4v) is 3.78. The van der Waals surface area contributed by atoms with Crippen molar-refractivity contribution in [1.29, 1.82) is 0 Å². The predicted octanol–water partition coefficient (Wildman–Crippen LogP) is 0.116. The maximum absolute atomic E-state index is 12.7. The van der Waals surface area contributed by atoms with E-state index in [1.165, 1.54) is 41.4 Å². The lowest BCUT2D eigenvalue weighted by Crippen LogP contribution is -2.47. The average Bonchev–Trinajstić information content (AvgIpc) is 2.54. The third-order valence-corrected chi connectivity index (χ3v) is 5.44. The standard InChI is InChI=1S/C14H19N3O5S/c1-11(19)15-13-9-12(3-4-14(13)22-2)23(20,21)17-7-5-16(10-18)6-8-17/h3-4,9-10H,5-8H2,1-2H3,(H,15,19). The van der Waals surface area contributed by atoms with E-state index in [4.69, 9.17) is 4.74 Å². The summed E-state index contributed by atoms with van der Waals surface area (Å²) in [7, 11) is -2.26. The van der Waals surface area contributed by atoms with Gasteiger partial charge in [0.05, 0.1) is 17.7 Å². The van der Waals surface area contributed by atoms with Gasteiger partial charge in [-0.25, -0.2) is 8.42 Å².